The molecule has 5 heteroatoms. The van der Waals surface area contributed by atoms with Crippen LogP contribution in [0.1, 0.15) is 4.11 Å². The van der Waals surface area contributed by atoms with Crippen LogP contribution in [0.3, 0.4) is 0 Å². The van der Waals surface area contributed by atoms with E-state index in [-0.39, 0.29) is 5.75 Å². The summed E-state index contributed by atoms with van der Waals surface area (Å²) in [7, 11) is 0. The predicted molar refractivity (Wildman–Crippen MR) is 43.6 cm³/mol. The highest BCUT2D eigenvalue weighted by Crippen LogP contribution is 1.87. The van der Waals surface area contributed by atoms with Crippen LogP contribution in [0.25, 0.3) is 0 Å². The molecule has 0 aliphatic carbocycles. The lowest BCUT2D eigenvalue weighted by Crippen LogP contribution is -2.41. The Kier molecular flexibility index (Phi) is 2.46. The molecule has 0 unspecified atom stereocenters. The Morgan fingerprint density at radius 3 is 3.00 bits per heavy atom. The quantitative estimate of drug-likeness (QED) is 0.408. The molecule has 0 saturated heterocycles. The Labute approximate surface area is 73.9 Å². The van der Waals surface area contributed by atoms with Gasteiger partial charge in [-0.1, -0.05) is 6.53 Å². The molecule has 0 radical (unpaired) electrons. The normalized spacial score (nSPS) is 15.2. The molecular weight excluding hydrogens is 166 g/mol. The standard InChI is InChI=1S/C6H9NO3S/c1-2-5(8)7-4(3-11)6(9)10/h2,4,11H,1,3H2,(H,7,8)(H,9,10)/t4-/m0/s1/i1D2,2D. The van der Waals surface area contributed by atoms with E-state index in [0.29, 0.717) is 0 Å². The summed E-state index contributed by atoms with van der Waals surface area (Å²) in [6.07, 6.45) is 0. The van der Waals surface area contributed by atoms with E-state index in [4.69, 9.17) is 9.22 Å². The van der Waals surface area contributed by atoms with E-state index >= 15 is 0 Å². The number of carbonyl (C=O) groups is 2. The molecule has 0 saturated carbocycles. The van der Waals surface area contributed by atoms with E-state index < -0.39 is 30.5 Å². The van der Waals surface area contributed by atoms with Gasteiger partial charge in [-0.2, -0.15) is 12.6 Å². The summed E-state index contributed by atoms with van der Waals surface area (Å²) in [5, 5.41) is 10.5. The van der Waals surface area contributed by atoms with E-state index in [1.807, 2.05) is 5.32 Å². The Morgan fingerprint density at radius 2 is 2.64 bits per heavy atom. The molecule has 0 aromatic carbocycles. The molecule has 0 heterocycles. The van der Waals surface area contributed by atoms with E-state index in [0.717, 1.165) is 0 Å². The van der Waals surface area contributed by atoms with Crippen molar-refractivity contribution < 1.29 is 18.8 Å². The molecule has 0 rings (SSSR count). The molecule has 1 amide bonds. The van der Waals surface area contributed by atoms with E-state index in [1.165, 1.54) is 0 Å². The summed E-state index contributed by atoms with van der Waals surface area (Å²) in [6.45, 7) is -0.967. The first-order chi connectivity index (χ1) is 6.40. The van der Waals surface area contributed by atoms with Gasteiger partial charge in [0.15, 0.2) is 0 Å². The second kappa shape index (κ2) is 4.79. The van der Waals surface area contributed by atoms with Crippen LogP contribution in [-0.4, -0.2) is 28.8 Å². The molecule has 11 heavy (non-hydrogen) atoms. The second-order valence-corrected chi connectivity index (χ2v) is 2.04. The highest BCUT2D eigenvalue weighted by atomic mass is 32.1. The third-order valence-corrected chi connectivity index (χ3v) is 1.26. The number of nitrogens with one attached hydrogen (secondary N) is 1. The summed E-state index contributed by atoms with van der Waals surface area (Å²) >= 11 is 3.68. The largest absolute Gasteiger partial charge is 0.480 e. The molecule has 1 atom stereocenters. The fraction of sp³-hybridized carbons (Fsp3) is 0.333. The first kappa shape index (κ1) is 5.65. The summed E-state index contributed by atoms with van der Waals surface area (Å²) in [4.78, 5) is 21.4. The molecular formula is C6H9NO3S. The summed E-state index contributed by atoms with van der Waals surface area (Å²) < 4.78 is 20.2. The molecule has 2 N–H and O–H groups in total. The number of rotatable bonds is 4. The van der Waals surface area contributed by atoms with Crippen molar-refractivity contribution in [3.63, 3.8) is 0 Å². The highest BCUT2D eigenvalue weighted by Gasteiger charge is 2.15. The minimum Gasteiger partial charge on any atom is -0.480 e. The maximum absolute atomic E-state index is 11.0. The van der Waals surface area contributed by atoms with Crippen molar-refractivity contribution in [1.29, 1.82) is 0 Å². The highest BCUT2D eigenvalue weighted by molar-refractivity contribution is 7.80. The summed E-state index contributed by atoms with van der Waals surface area (Å²) in [6, 6.07) is -2.09. The summed E-state index contributed by atoms with van der Waals surface area (Å²) in [5.41, 5.74) is 0. The van der Waals surface area contributed by atoms with Gasteiger partial charge in [-0.25, -0.2) is 4.79 Å². The molecule has 0 aliphatic rings. The van der Waals surface area contributed by atoms with Crippen molar-refractivity contribution in [3.8, 4) is 0 Å². The fourth-order valence-electron chi connectivity index (χ4n) is 0.380. The van der Waals surface area contributed by atoms with Crippen LogP contribution < -0.4 is 5.32 Å². The molecule has 0 aromatic rings. The summed E-state index contributed by atoms with van der Waals surface area (Å²) in [5.74, 6) is -2.47. The number of amides is 1. The topological polar surface area (TPSA) is 66.4 Å². The van der Waals surface area contributed by atoms with Crippen LogP contribution >= 0.6 is 12.6 Å². The maximum Gasteiger partial charge on any atom is 0.327 e. The number of thiol groups is 1. The van der Waals surface area contributed by atoms with Crippen molar-refractivity contribution in [2.24, 2.45) is 0 Å². The Bertz CT molecular complexity index is 277. The molecule has 0 fully saturated rings. The van der Waals surface area contributed by atoms with Crippen molar-refractivity contribution in [1.82, 2.24) is 5.32 Å². The lowest BCUT2D eigenvalue weighted by Gasteiger charge is -2.08. The third-order valence-electron chi connectivity index (χ3n) is 0.900. The minimum atomic E-state index is -1.28. The van der Waals surface area contributed by atoms with Crippen LogP contribution in [-0.2, 0) is 9.59 Å². The molecule has 0 aliphatic heterocycles. The van der Waals surface area contributed by atoms with Gasteiger partial charge in [0.05, 0.1) is 4.11 Å². The number of carbonyl (C=O) groups excluding carboxylic acids is 1. The maximum atomic E-state index is 11.0. The van der Waals surface area contributed by atoms with Gasteiger partial charge in [0.2, 0.25) is 5.91 Å². The molecule has 0 spiro atoms. The molecule has 0 aromatic heterocycles. The van der Waals surface area contributed by atoms with Gasteiger partial charge in [-0.05, 0) is 6.05 Å². The van der Waals surface area contributed by atoms with E-state index in [1.54, 1.807) is 0 Å². The molecule has 4 nitrogen and oxygen atoms in total. The Morgan fingerprint density at radius 1 is 2.00 bits per heavy atom. The number of hydrogen-bond donors (Lipinski definition) is 3. The van der Waals surface area contributed by atoms with Gasteiger partial charge >= 0.3 is 5.97 Å². The van der Waals surface area contributed by atoms with Gasteiger partial charge in [-0.3, -0.25) is 4.79 Å². The Hall–Kier alpha value is -0.970. The van der Waals surface area contributed by atoms with Gasteiger partial charge in [0.25, 0.3) is 0 Å². The van der Waals surface area contributed by atoms with Gasteiger partial charge in [0.1, 0.15) is 6.04 Å². The lowest BCUT2D eigenvalue weighted by molar-refractivity contribution is -0.140. The van der Waals surface area contributed by atoms with E-state index in [2.05, 4.69) is 12.6 Å². The van der Waals surface area contributed by atoms with Crippen molar-refractivity contribution in [3.05, 3.63) is 12.6 Å². The van der Waals surface area contributed by atoms with Crippen LogP contribution in [0.5, 0.6) is 0 Å². The van der Waals surface area contributed by atoms with Crippen molar-refractivity contribution >= 4 is 24.5 Å². The third kappa shape index (κ3) is 3.67. The number of aliphatic carboxylic acids is 1. The van der Waals surface area contributed by atoms with Crippen LogP contribution in [0.15, 0.2) is 12.6 Å². The SMILES string of the molecule is [2H]C([2H])=C([2H])C(=O)N[C@@H](CS)C(=O)O. The minimum absolute atomic E-state index is 0.125. The average molecular weight is 178 g/mol. The second-order valence-electron chi connectivity index (χ2n) is 1.67. The van der Waals surface area contributed by atoms with Gasteiger partial charge < -0.3 is 10.4 Å². The lowest BCUT2D eigenvalue weighted by atomic mass is 10.3. The van der Waals surface area contributed by atoms with E-state index in [9.17, 15) is 9.59 Å². The predicted octanol–water partition coefficient (Wildman–Crippen LogP) is -0.328. The van der Waals surface area contributed by atoms with Crippen molar-refractivity contribution in [2.45, 2.75) is 6.04 Å². The Balaban J connectivity index is 4.46. The van der Waals surface area contributed by atoms with Crippen molar-refractivity contribution in [2.75, 3.05) is 5.75 Å². The number of hydrogen-bond acceptors (Lipinski definition) is 3. The van der Waals surface area contributed by atoms with Gasteiger partial charge in [-0.15, -0.1) is 0 Å². The molecule has 62 valence electrons. The first-order valence-corrected chi connectivity index (χ1v) is 3.32. The van der Waals surface area contributed by atoms with Crippen LogP contribution in [0.2, 0.25) is 0 Å². The zero-order chi connectivity index (χ0) is 11.3. The fourth-order valence-corrected chi connectivity index (χ4v) is 0.627. The first-order valence-electron chi connectivity index (χ1n) is 4.18. The van der Waals surface area contributed by atoms with Gasteiger partial charge in [0, 0.05) is 5.75 Å². The van der Waals surface area contributed by atoms with Crippen LogP contribution in [0.4, 0.5) is 0 Å². The zero-order valence-corrected chi connectivity index (χ0v) is 6.39. The monoisotopic (exact) mass is 178 g/mol. The smallest absolute Gasteiger partial charge is 0.327 e. The zero-order valence-electron chi connectivity index (χ0n) is 8.50. The molecule has 0 bridgehead atoms. The number of carboxylic acid groups (broad SMARTS) is 1. The average Bonchev–Trinajstić information content (AvgIpc) is 2.11. The number of carboxylic acids is 1. The van der Waals surface area contributed by atoms with Crippen LogP contribution in [0, 0.1) is 0 Å².